The number of aromatic nitrogens is 2. The lowest BCUT2D eigenvalue weighted by molar-refractivity contribution is 0.455. The fraction of sp³-hybridized carbons (Fsp3) is 0.312. The molecule has 0 saturated carbocycles. The highest BCUT2D eigenvalue weighted by atomic mass is 19.1. The SMILES string of the molecule is CCn1nc(C)cc1C(NC)c1cc2cccc(F)c2o1. The van der Waals surface area contributed by atoms with Gasteiger partial charge in [0.2, 0.25) is 0 Å². The van der Waals surface area contributed by atoms with E-state index in [0.717, 1.165) is 23.3 Å². The first-order chi connectivity index (χ1) is 10.1. The number of aryl methyl sites for hydroxylation is 2. The first kappa shape index (κ1) is 13.8. The second kappa shape index (κ2) is 5.33. The summed E-state index contributed by atoms with van der Waals surface area (Å²) in [5, 5.41) is 8.45. The Kier molecular flexibility index (Phi) is 3.51. The van der Waals surface area contributed by atoms with Crippen molar-refractivity contribution in [3.8, 4) is 0 Å². The molecule has 21 heavy (non-hydrogen) atoms. The Morgan fingerprint density at radius 1 is 1.38 bits per heavy atom. The first-order valence-corrected chi connectivity index (χ1v) is 7.03. The lowest BCUT2D eigenvalue weighted by Gasteiger charge is -2.14. The quantitative estimate of drug-likeness (QED) is 0.799. The molecular weight excluding hydrogens is 269 g/mol. The highest BCUT2D eigenvalue weighted by molar-refractivity contribution is 5.78. The molecule has 0 aliphatic heterocycles. The summed E-state index contributed by atoms with van der Waals surface area (Å²) in [7, 11) is 1.86. The summed E-state index contributed by atoms with van der Waals surface area (Å²) in [6.45, 7) is 4.78. The van der Waals surface area contributed by atoms with Gasteiger partial charge in [-0.1, -0.05) is 12.1 Å². The second-order valence-electron chi connectivity index (χ2n) is 5.05. The summed E-state index contributed by atoms with van der Waals surface area (Å²) in [4.78, 5) is 0. The number of nitrogens with one attached hydrogen (secondary N) is 1. The summed E-state index contributed by atoms with van der Waals surface area (Å²) < 4.78 is 21.5. The maximum atomic E-state index is 13.8. The highest BCUT2D eigenvalue weighted by Gasteiger charge is 2.22. The maximum Gasteiger partial charge on any atom is 0.169 e. The van der Waals surface area contributed by atoms with Gasteiger partial charge in [-0.2, -0.15) is 5.10 Å². The van der Waals surface area contributed by atoms with Crippen LogP contribution >= 0.6 is 0 Å². The van der Waals surface area contributed by atoms with Crippen molar-refractivity contribution in [3.05, 3.63) is 53.3 Å². The molecule has 2 heterocycles. The van der Waals surface area contributed by atoms with Gasteiger partial charge < -0.3 is 9.73 Å². The van der Waals surface area contributed by atoms with E-state index < -0.39 is 0 Å². The standard InChI is InChI=1S/C16H18FN3O/c1-4-20-13(8-10(2)19-20)15(18-3)14-9-11-6-5-7-12(17)16(11)21-14/h5-9,15,18H,4H2,1-3H3. The average Bonchev–Trinajstić information content (AvgIpc) is 3.04. The van der Waals surface area contributed by atoms with Crippen LogP contribution in [0.1, 0.15) is 30.1 Å². The van der Waals surface area contributed by atoms with Crippen molar-refractivity contribution < 1.29 is 8.81 Å². The number of para-hydroxylation sites is 1. The fourth-order valence-corrected chi connectivity index (χ4v) is 2.68. The van der Waals surface area contributed by atoms with Gasteiger partial charge in [0, 0.05) is 11.9 Å². The van der Waals surface area contributed by atoms with Crippen molar-refractivity contribution in [2.45, 2.75) is 26.4 Å². The molecule has 3 rings (SSSR count). The second-order valence-corrected chi connectivity index (χ2v) is 5.05. The van der Waals surface area contributed by atoms with Crippen LogP contribution in [0.3, 0.4) is 0 Å². The summed E-state index contributed by atoms with van der Waals surface area (Å²) in [6, 6.07) is 8.69. The zero-order valence-corrected chi connectivity index (χ0v) is 12.4. The molecule has 1 unspecified atom stereocenters. The van der Waals surface area contributed by atoms with Gasteiger partial charge >= 0.3 is 0 Å². The summed E-state index contributed by atoms with van der Waals surface area (Å²) >= 11 is 0. The van der Waals surface area contributed by atoms with Crippen LogP contribution in [0.5, 0.6) is 0 Å². The van der Waals surface area contributed by atoms with Crippen molar-refractivity contribution in [1.82, 2.24) is 15.1 Å². The third-order valence-electron chi connectivity index (χ3n) is 3.62. The molecule has 0 bridgehead atoms. The Morgan fingerprint density at radius 2 is 2.19 bits per heavy atom. The van der Waals surface area contributed by atoms with Gasteiger partial charge in [0.05, 0.1) is 11.4 Å². The van der Waals surface area contributed by atoms with Crippen LogP contribution in [0, 0.1) is 12.7 Å². The van der Waals surface area contributed by atoms with Gasteiger partial charge in [-0.05, 0) is 39.1 Å². The lowest BCUT2D eigenvalue weighted by atomic mass is 10.1. The van der Waals surface area contributed by atoms with Crippen LogP contribution in [-0.4, -0.2) is 16.8 Å². The van der Waals surface area contributed by atoms with Crippen LogP contribution in [-0.2, 0) is 6.54 Å². The number of benzene rings is 1. The van der Waals surface area contributed by atoms with Crippen molar-refractivity contribution in [3.63, 3.8) is 0 Å². The molecule has 2 aromatic heterocycles. The van der Waals surface area contributed by atoms with E-state index in [4.69, 9.17) is 4.42 Å². The Morgan fingerprint density at radius 3 is 2.86 bits per heavy atom. The van der Waals surface area contributed by atoms with Crippen molar-refractivity contribution >= 4 is 11.0 Å². The summed E-state index contributed by atoms with van der Waals surface area (Å²) in [5.74, 6) is 0.348. The molecule has 0 amide bonds. The first-order valence-electron chi connectivity index (χ1n) is 7.03. The molecule has 1 atom stereocenters. The van der Waals surface area contributed by atoms with Gasteiger partial charge in [0.25, 0.3) is 0 Å². The van der Waals surface area contributed by atoms with Gasteiger partial charge in [0.1, 0.15) is 11.8 Å². The number of furan rings is 1. The van der Waals surface area contributed by atoms with E-state index in [2.05, 4.69) is 10.4 Å². The number of hydrogen-bond acceptors (Lipinski definition) is 3. The van der Waals surface area contributed by atoms with Crippen molar-refractivity contribution in [1.29, 1.82) is 0 Å². The molecular formula is C16H18FN3O. The van der Waals surface area contributed by atoms with Gasteiger partial charge in [-0.15, -0.1) is 0 Å². The maximum absolute atomic E-state index is 13.8. The van der Waals surface area contributed by atoms with E-state index in [0.29, 0.717) is 11.3 Å². The van der Waals surface area contributed by atoms with E-state index in [-0.39, 0.29) is 11.9 Å². The van der Waals surface area contributed by atoms with E-state index in [1.807, 2.05) is 43.8 Å². The molecule has 0 aliphatic carbocycles. The minimum atomic E-state index is -0.339. The van der Waals surface area contributed by atoms with E-state index in [1.54, 1.807) is 6.07 Å². The highest BCUT2D eigenvalue weighted by Crippen LogP contribution is 2.29. The number of hydrogen-bond donors (Lipinski definition) is 1. The predicted octanol–water partition coefficient (Wildman–Crippen LogP) is 3.41. The summed E-state index contributed by atoms with van der Waals surface area (Å²) in [6.07, 6.45) is 0. The largest absolute Gasteiger partial charge is 0.456 e. The van der Waals surface area contributed by atoms with Gasteiger partial charge in [0.15, 0.2) is 11.4 Å². The van der Waals surface area contributed by atoms with E-state index in [9.17, 15) is 4.39 Å². The smallest absolute Gasteiger partial charge is 0.169 e. The van der Waals surface area contributed by atoms with E-state index in [1.165, 1.54) is 6.07 Å². The van der Waals surface area contributed by atoms with Crippen LogP contribution in [0.25, 0.3) is 11.0 Å². The molecule has 5 heteroatoms. The third-order valence-corrected chi connectivity index (χ3v) is 3.62. The number of rotatable bonds is 4. The Bertz CT molecular complexity index is 775. The molecule has 0 aliphatic rings. The molecule has 110 valence electrons. The predicted molar refractivity (Wildman–Crippen MR) is 79.7 cm³/mol. The third kappa shape index (κ3) is 2.34. The van der Waals surface area contributed by atoms with Crippen LogP contribution in [0.4, 0.5) is 4.39 Å². The minimum absolute atomic E-state index is 0.155. The van der Waals surface area contributed by atoms with Gasteiger partial charge in [-0.25, -0.2) is 4.39 Å². The minimum Gasteiger partial charge on any atom is -0.456 e. The van der Waals surface area contributed by atoms with E-state index >= 15 is 0 Å². The van der Waals surface area contributed by atoms with Crippen molar-refractivity contribution in [2.24, 2.45) is 0 Å². The van der Waals surface area contributed by atoms with Crippen LogP contribution in [0.2, 0.25) is 0 Å². The Labute approximate surface area is 122 Å². The topological polar surface area (TPSA) is 43.0 Å². The number of fused-ring (bicyclic) bond motifs is 1. The fourth-order valence-electron chi connectivity index (χ4n) is 2.68. The molecule has 1 aromatic carbocycles. The Balaban J connectivity index is 2.11. The summed E-state index contributed by atoms with van der Waals surface area (Å²) in [5.41, 5.74) is 2.26. The molecule has 4 nitrogen and oxygen atoms in total. The Hall–Kier alpha value is -2.14. The van der Waals surface area contributed by atoms with Gasteiger partial charge in [-0.3, -0.25) is 4.68 Å². The number of halogens is 1. The lowest BCUT2D eigenvalue weighted by Crippen LogP contribution is -2.20. The zero-order valence-electron chi connectivity index (χ0n) is 12.4. The monoisotopic (exact) mass is 287 g/mol. The van der Waals surface area contributed by atoms with Crippen LogP contribution < -0.4 is 5.32 Å². The van der Waals surface area contributed by atoms with Crippen LogP contribution in [0.15, 0.2) is 34.7 Å². The zero-order chi connectivity index (χ0) is 15.0. The number of nitrogens with zero attached hydrogens (tertiary/aromatic N) is 2. The molecule has 0 fully saturated rings. The molecule has 3 aromatic rings. The molecule has 0 saturated heterocycles. The average molecular weight is 287 g/mol. The molecule has 0 radical (unpaired) electrons. The molecule has 0 spiro atoms. The normalized spacial score (nSPS) is 13.0. The van der Waals surface area contributed by atoms with Crippen molar-refractivity contribution in [2.75, 3.05) is 7.05 Å². The molecule has 1 N–H and O–H groups in total.